The van der Waals surface area contributed by atoms with Crippen LogP contribution in [0.1, 0.15) is 24.4 Å². The largest absolute Gasteiger partial charge is 0.310 e. The predicted octanol–water partition coefficient (Wildman–Crippen LogP) is 3.04. The van der Waals surface area contributed by atoms with Crippen LogP contribution in [0, 0.1) is 11.6 Å². The van der Waals surface area contributed by atoms with Gasteiger partial charge in [-0.1, -0.05) is 11.6 Å². The average Bonchev–Trinajstić information content (AvgIpc) is 2.64. The van der Waals surface area contributed by atoms with Crippen LogP contribution in [0.5, 0.6) is 0 Å². The van der Waals surface area contributed by atoms with Gasteiger partial charge in [0.25, 0.3) is 0 Å². The third-order valence-electron chi connectivity index (χ3n) is 2.48. The third kappa shape index (κ3) is 1.74. The second-order valence-corrected chi connectivity index (χ2v) is 3.84. The van der Waals surface area contributed by atoms with Gasteiger partial charge < -0.3 is 5.32 Å². The van der Waals surface area contributed by atoms with Crippen molar-refractivity contribution in [3.05, 3.63) is 34.4 Å². The van der Waals surface area contributed by atoms with E-state index in [9.17, 15) is 8.78 Å². The Kier molecular flexibility index (Phi) is 2.70. The maximum Gasteiger partial charge on any atom is 0.142 e. The summed E-state index contributed by atoms with van der Waals surface area (Å²) in [4.78, 5) is 0. The van der Waals surface area contributed by atoms with Crippen LogP contribution >= 0.6 is 11.6 Å². The van der Waals surface area contributed by atoms with Crippen molar-refractivity contribution in [2.24, 2.45) is 0 Å². The minimum absolute atomic E-state index is 0.0678. The van der Waals surface area contributed by atoms with E-state index < -0.39 is 11.6 Å². The van der Waals surface area contributed by atoms with Gasteiger partial charge in [0.05, 0.1) is 5.02 Å². The summed E-state index contributed by atoms with van der Waals surface area (Å²) < 4.78 is 26.5. The lowest BCUT2D eigenvalue weighted by Gasteiger charge is -2.12. The number of nitrogens with one attached hydrogen (secondary N) is 1. The fraction of sp³-hybridized carbons (Fsp3) is 0.400. The molecule has 1 unspecified atom stereocenters. The highest BCUT2D eigenvalue weighted by Gasteiger charge is 2.21. The number of halogens is 3. The molecular formula is C10H10ClF2N. The molecule has 1 heterocycles. The zero-order valence-corrected chi connectivity index (χ0v) is 8.24. The molecule has 4 heteroatoms. The van der Waals surface area contributed by atoms with E-state index in [4.69, 9.17) is 11.6 Å². The summed E-state index contributed by atoms with van der Waals surface area (Å²) in [5.41, 5.74) is 0.379. The Morgan fingerprint density at radius 1 is 1.29 bits per heavy atom. The lowest BCUT2D eigenvalue weighted by molar-refractivity contribution is 0.544. The summed E-state index contributed by atoms with van der Waals surface area (Å²) in [6.07, 6.45) is 1.84. The summed E-state index contributed by atoms with van der Waals surface area (Å²) in [6.45, 7) is 0.856. The van der Waals surface area contributed by atoms with E-state index in [1.54, 1.807) is 0 Å². The first-order chi connectivity index (χ1) is 6.68. The quantitative estimate of drug-likeness (QED) is 0.713. The van der Waals surface area contributed by atoms with Crippen molar-refractivity contribution in [2.45, 2.75) is 18.9 Å². The van der Waals surface area contributed by atoms with Gasteiger partial charge in [0.1, 0.15) is 11.6 Å². The smallest absolute Gasteiger partial charge is 0.142 e. The molecule has 0 bridgehead atoms. The van der Waals surface area contributed by atoms with Gasteiger partial charge in [-0.3, -0.25) is 0 Å². The van der Waals surface area contributed by atoms with Gasteiger partial charge in [-0.2, -0.15) is 0 Å². The Bertz CT molecular complexity index is 348. The molecule has 76 valence electrons. The Balaban J connectivity index is 2.37. The third-order valence-corrected chi connectivity index (χ3v) is 2.76. The topological polar surface area (TPSA) is 12.0 Å². The standard InChI is InChI=1S/C10H10ClF2N/c11-7-5-8(12)6(4-9(7)13)10-2-1-3-14-10/h4-5,10,14H,1-3H2. The molecule has 1 N–H and O–H groups in total. The van der Waals surface area contributed by atoms with E-state index in [1.165, 1.54) is 6.07 Å². The van der Waals surface area contributed by atoms with Gasteiger partial charge in [-0.25, -0.2) is 8.78 Å². The Labute approximate surface area is 86.1 Å². The highest BCUT2D eigenvalue weighted by molar-refractivity contribution is 6.30. The van der Waals surface area contributed by atoms with Crippen molar-refractivity contribution < 1.29 is 8.78 Å². The van der Waals surface area contributed by atoms with Crippen molar-refractivity contribution in [3.63, 3.8) is 0 Å². The molecule has 0 amide bonds. The Morgan fingerprint density at radius 2 is 2.07 bits per heavy atom. The fourth-order valence-corrected chi connectivity index (χ4v) is 1.91. The number of rotatable bonds is 1. The lowest BCUT2D eigenvalue weighted by atomic mass is 10.0. The summed E-state index contributed by atoms with van der Waals surface area (Å²) in [7, 11) is 0. The minimum Gasteiger partial charge on any atom is -0.310 e. The molecule has 1 saturated heterocycles. The molecule has 1 atom stereocenters. The maximum atomic E-state index is 13.4. The van der Waals surface area contributed by atoms with Crippen LogP contribution in [-0.4, -0.2) is 6.54 Å². The Hall–Kier alpha value is -0.670. The highest BCUT2D eigenvalue weighted by atomic mass is 35.5. The number of benzene rings is 1. The van der Waals surface area contributed by atoms with E-state index in [0.717, 1.165) is 25.5 Å². The molecule has 0 spiro atoms. The Morgan fingerprint density at radius 3 is 2.71 bits per heavy atom. The van der Waals surface area contributed by atoms with Crippen molar-refractivity contribution in [2.75, 3.05) is 6.54 Å². The van der Waals surface area contributed by atoms with Crippen molar-refractivity contribution >= 4 is 11.6 Å². The molecule has 1 aliphatic rings. The van der Waals surface area contributed by atoms with Crippen LogP contribution in [0.3, 0.4) is 0 Å². The van der Waals surface area contributed by atoms with Gasteiger partial charge >= 0.3 is 0 Å². The molecule has 0 aromatic heterocycles. The van der Waals surface area contributed by atoms with Crippen LogP contribution in [0.15, 0.2) is 12.1 Å². The second kappa shape index (κ2) is 3.83. The van der Waals surface area contributed by atoms with Crippen LogP contribution < -0.4 is 5.32 Å². The maximum absolute atomic E-state index is 13.4. The molecule has 14 heavy (non-hydrogen) atoms. The fourth-order valence-electron chi connectivity index (χ4n) is 1.75. The first-order valence-corrected chi connectivity index (χ1v) is 4.94. The molecule has 1 aromatic carbocycles. The SMILES string of the molecule is Fc1cc(C2CCCN2)c(F)cc1Cl. The molecule has 2 rings (SSSR count). The molecule has 0 aliphatic carbocycles. The average molecular weight is 218 g/mol. The molecule has 1 aromatic rings. The molecule has 0 saturated carbocycles. The van der Waals surface area contributed by atoms with Gasteiger partial charge in [-0.15, -0.1) is 0 Å². The van der Waals surface area contributed by atoms with Crippen LogP contribution in [-0.2, 0) is 0 Å². The zero-order chi connectivity index (χ0) is 10.1. The first kappa shape index (κ1) is 9.87. The lowest BCUT2D eigenvalue weighted by Crippen LogP contribution is -2.14. The normalized spacial score (nSPS) is 21.5. The summed E-state index contributed by atoms with van der Waals surface area (Å²) >= 11 is 5.46. The van der Waals surface area contributed by atoms with Crippen LogP contribution in [0.25, 0.3) is 0 Å². The van der Waals surface area contributed by atoms with Crippen molar-refractivity contribution in [1.82, 2.24) is 5.32 Å². The van der Waals surface area contributed by atoms with E-state index in [-0.39, 0.29) is 11.1 Å². The highest BCUT2D eigenvalue weighted by Crippen LogP contribution is 2.28. The van der Waals surface area contributed by atoms with E-state index >= 15 is 0 Å². The zero-order valence-electron chi connectivity index (χ0n) is 7.49. The predicted molar refractivity (Wildman–Crippen MR) is 51.3 cm³/mol. The monoisotopic (exact) mass is 217 g/mol. The van der Waals surface area contributed by atoms with Gasteiger partial charge in [-0.05, 0) is 31.5 Å². The molecular weight excluding hydrogens is 208 g/mol. The minimum atomic E-state index is -0.559. The van der Waals surface area contributed by atoms with Gasteiger partial charge in [0, 0.05) is 11.6 Å². The van der Waals surface area contributed by atoms with Crippen LogP contribution in [0.2, 0.25) is 5.02 Å². The number of hydrogen-bond donors (Lipinski definition) is 1. The summed E-state index contributed by atoms with van der Waals surface area (Å²) in [6, 6.07) is 2.15. The van der Waals surface area contributed by atoms with Gasteiger partial charge in [0.2, 0.25) is 0 Å². The first-order valence-electron chi connectivity index (χ1n) is 4.56. The number of hydrogen-bond acceptors (Lipinski definition) is 1. The second-order valence-electron chi connectivity index (χ2n) is 3.44. The van der Waals surface area contributed by atoms with E-state index in [0.29, 0.717) is 5.56 Å². The molecule has 1 nitrogen and oxygen atoms in total. The van der Waals surface area contributed by atoms with Crippen molar-refractivity contribution in [3.8, 4) is 0 Å². The molecule has 1 fully saturated rings. The summed E-state index contributed by atoms with van der Waals surface area (Å²) in [5, 5.41) is 2.95. The molecule has 1 aliphatic heterocycles. The summed E-state index contributed by atoms with van der Waals surface area (Å²) in [5.74, 6) is -0.993. The molecule has 0 radical (unpaired) electrons. The van der Waals surface area contributed by atoms with Gasteiger partial charge in [0.15, 0.2) is 0 Å². The van der Waals surface area contributed by atoms with E-state index in [2.05, 4.69) is 5.32 Å². The van der Waals surface area contributed by atoms with Crippen LogP contribution in [0.4, 0.5) is 8.78 Å². The van der Waals surface area contributed by atoms with E-state index in [1.807, 2.05) is 0 Å². The van der Waals surface area contributed by atoms with Crippen molar-refractivity contribution in [1.29, 1.82) is 0 Å².